The zero-order valence-corrected chi connectivity index (χ0v) is 21.8. The van der Waals surface area contributed by atoms with Gasteiger partial charge in [0, 0.05) is 44.0 Å². The monoisotopic (exact) mass is 567 g/mol. The summed E-state index contributed by atoms with van der Waals surface area (Å²) >= 11 is 0. The highest BCUT2D eigenvalue weighted by Gasteiger charge is 2.32. The lowest BCUT2D eigenvalue weighted by molar-refractivity contribution is -0.141. The van der Waals surface area contributed by atoms with Crippen molar-refractivity contribution in [2.75, 3.05) is 36.4 Å². The van der Waals surface area contributed by atoms with Gasteiger partial charge in [-0.3, -0.25) is 4.98 Å². The average Bonchev–Trinajstić information content (AvgIpc) is 3.19. The van der Waals surface area contributed by atoms with E-state index in [0.29, 0.717) is 17.5 Å². The Kier molecular flexibility index (Phi) is 9.77. The standard InChI is InChI=1S/C21H27F3N6.C6H4F3N/c22-21(23,24)18-8-7-15(14-26-18)27-19-16-6-5-10-25-11-9-17(16)28-20(29-19)30-12-3-1-2-4-13-30;7-6(8,9)5-2-1-3-10-4-5/h7-8,14,25H,1-6,9-13H2,(H,27,28,29);1-4H. The van der Waals surface area contributed by atoms with Crippen LogP contribution in [0.2, 0.25) is 0 Å². The predicted octanol–water partition coefficient (Wildman–Crippen LogP) is 6.19. The van der Waals surface area contributed by atoms with Crippen molar-refractivity contribution >= 4 is 17.5 Å². The molecule has 5 heterocycles. The van der Waals surface area contributed by atoms with E-state index in [1.165, 1.54) is 37.4 Å². The maximum Gasteiger partial charge on any atom is 0.433 e. The van der Waals surface area contributed by atoms with Crippen molar-refractivity contribution in [3.63, 3.8) is 0 Å². The molecule has 0 spiro atoms. The number of anilines is 3. The molecule has 2 aliphatic rings. The first-order valence-electron chi connectivity index (χ1n) is 13.2. The lowest BCUT2D eigenvalue weighted by atomic mass is 10.0. The van der Waals surface area contributed by atoms with E-state index in [2.05, 4.69) is 25.5 Å². The van der Waals surface area contributed by atoms with Crippen LogP contribution in [0, 0.1) is 0 Å². The Bertz CT molecular complexity index is 1210. The molecule has 0 aromatic carbocycles. The molecule has 40 heavy (non-hydrogen) atoms. The first-order chi connectivity index (χ1) is 19.1. The molecule has 0 radical (unpaired) electrons. The van der Waals surface area contributed by atoms with Crippen LogP contribution in [0.3, 0.4) is 0 Å². The molecule has 1 saturated heterocycles. The molecule has 13 heteroatoms. The number of fused-ring (bicyclic) bond motifs is 1. The van der Waals surface area contributed by atoms with Gasteiger partial charge in [0.1, 0.15) is 11.5 Å². The highest BCUT2D eigenvalue weighted by molar-refractivity contribution is 5.61. The zero-order chi connectivity index (χ0) is 28.6. The number of nitrogens with zero attached hydrogens (tertiary/aromatic N) is 5. The van der Waals surface area contributed by atoms with Crippen molar-refractivity contribution in [3.05, 3.63) is 65.4 Å². The first kappa shape index (κ1) is 29.5. The molecule has 2 N–H and O–H groups in total. The Morgan fingerprint density at radius 3 is 2.17 bits per heavy atom. The maximum absolute atomic E-state index is 12.8. The molecule has 0 unspecified atom stereocenters. The number of aromatic nitrogens is 4. The molecule has 1 fully saturated rings. The molecule has 3 aromatic rings. The molecule has 5 rings (SSSR count). The summed E-state index contributed by atoms with van der Waals surface area (Å²) in [5, 5.41) is 6.64. The van der Waals surface area contributed by atoms with Crippen LogP contribution in [0.25, 0.3) is 0 Å². The Hall–Kier alpha value is -3.48. The van der Waals surface area contributed by atoms with Crippen LogP contribution in [0.4, 0.5) is 43.8 Å². The minimum absolute atomic E-state index is 0.492. The number of hydrogen-bond donors (Lipinski definition) is 2. The van der Waals surface area contributed by atoms with E-state index in [1.807, 2.05) is 0 Å². The normalized spacial score (nSPS) is 16.5. The number of rotatable bonds is 3. The van der Waals surface area contributed by atoms with Crippen molar-refractivity contribution in [1.29, 1.82) is 0 Å². The number of nitrogens with one attached hydrogen (secondary N) is 2. The van der Waals surface area contributed by atoms with E-state index in [9.17, 15) is 26.3 Å². The van der Waals surface area contributed by atoms with Crippen LogP contribution in [-0.4, -0.2) is 46.1 Å². The van der Waals surface area contributed by atoms with Gasteiger partial charge < -0.3 is 15.5 Å². The predicted molar refractivity (Wildman–Crippen MR) is 139 cm³/mol. The molecule has 0 aliphatic carbocycles. The summed E-state index contributed by atoms with van der Waals surface area (Å²) in [5.74, 6) is 1.39. The minimum atomic E-state index is -4.45. The number of hydrogen-bond acceptors (Lipinski definition) is 7. The molecule has 0 bridgehead atoms. The van der Waals surface area contributed by atoms with Crippen molar-refractivity contribution < 1.29 is 26.3 Å². The van der Waals surface area contributed by atoms with Gasteiger partial charge in [-0.25, -0.2) is 9.97 Å². The highest BCUT2D eigenvalue weighted by atomic mass is 19.4. The lowest BCUT2D eigenvalue weighted by Gasteiger charge is -2.24. The largest absolute Gasteiger partial charge is 0.433 e. The Morgan fingerprint density at radius 2 is 1.57 bits per heavy atom. The van der Waals surface area contributed by atoms with Crippen LogP contribution >= 0.6 is 0 Å². The van der Waals surface area contributed by atoms with Gasteiger partial charge in [-0.05, 0) is 56.5 Å². The second-order valence-electron chi connectivity index (χ2n) is 9.60. The third-order valence-electron chi connectivity index (χ3n) is 6.59. The number of halogens is 6. The van der Waals surface area contributed by atoms with Gasteiger partial charge in [0.25, 0.3) is 0 Å². The van der Waals surface area contributed by atoms with Gasteiger partial charge in [-0.15, -0.1) is 0 Å². The van der Waals surface area contributed by atoms with Crippen molar-refractivity contribution in [1.82, 2.24) is 25.3 Å². The van der Waals surface area contributed by atoms with E-state index in [0.717, 1.165) is 87.9 Å². The van der Waals surface area contributed by atoms with Crippen LogP contribution in [-0.2, 0) is 25.2 Å². The van der Waals surface area contributed by atoms with Gasteiger partial charge in [0.05, 0.1) is 23.1 Å². The van der Waals surface area contributed by atoms with E-state index in [1.54, 1.807) is 0 Å². The molecule has 216 valence electrons. The fourth-order valence-electron chi connectivity index (χ4n) is 4.53. The number of alkyl halides is 6. The summed E-state index contributed by atoms with van der Waals surface area (Å²) in [6.07, 6.45) is 1.84. The summed E-state index contributed by atoms with van der Waals surface area (Å²) in [4.78, 5) is 18.9. The highest BCUT2D eigenvalue weighted by Crippen LogP contribution is 2.31. The van der Waals surface area contributed by atoms with Gasteiger partial charge in [0.2, 0.25) is 5.95 Å². The van der Waals surface area contributed by atoms with Gasteiger partial charge in [-0.1, -0.05) is 12.8 Å². The van der Waals surface area contributed by atoms with E-state index in [4.69, 9.17) is 9.97 Å². The molecular weight excluding hydrogens is 536 g/mol. The van der Waals surface area contributed by atoms with E-state index >= 15 is 0 Å². The molecule has 0 atom stereocenters. The third-order valence-corrected chi connectivity index (χ3v) is 6.59. The molecule has 3 aromatic heterocycles. The third kappa shape index (κ3) is 8.26. The fourth-order valence-corrected chi connectivity index (χ4v) is 4.53. The van der Waals surface area contributed by atoms with Crippen LogP contribution in [0.1, 0.15) is 54.6 Å². The van der Waals surface area contributed by atoms with Crippen molar-refractivity contribution in [2.45, 2.75) is 57.3 Å². The molecule has 7 nitrogen and oxygen atoms in total. The minimum Gasteiger partial charge on any atom is -0.341 e. The fraction of sp³-hybridized carbons (Fsp3) is 0.481. The zero-order valence-electron chi connectivity index (χ0n) is 21.8. The molecule has 0 amide bonds. The molecule has 2 aliphatic heterocycles. The van der Waals surface area contributed by atoms with E-state index in [-0.39, 0.29) is 0 Å². The summed E-state index contributed by atoms with van der Waals surface area (Å²) in [6.45, 7) is 3.63. The van der Waals surface area contributed by atoms with Gasteiger partial charge in [-0.2, -0.15) is 31.3 Å². The molecular formula is C27H31F6N7. The quantitative estimate of drug-likeness (QED) is 0.365. The van der Waals surface area contributed by atoms with Crippen molar-refractivity contribution in [3.8, 4) is 0 Å². The topological polar surface area (TPSA) is 78.9 Å². The van der Waals surface area contributed by atoms with Crippen LogP contribution in [0.15, 0.2) is 42.9 Å². The first-order valence-corrected chi connectivity index (χ1v) is 13.2. The van der Waals surface area contributed by atoms with Gasteiger partial charge in [0.15, 0.2) is 0 Å². The Balaban J connectivity index is 0.000000312. The van der Waals surface area contributed by atoms with Crippen LogP contribution < -0.4 is 15.5 Å². The average molecular weight is 568 g/mol. The van der Waals surface area contributed by atoms with Crippen molar-refractivity contribution in [2.24, 2.45) is 0 Å². The smallest absolute Gasteiger partial charge is 0.341 e. The van der Waals surface area contributed by atoms with Crippen LogP contribution in [0.5, 0.6) is 0 Å². The van der Waals surface area contributed by atoms with Gasteiger partial charge >= 0.3 is 12.4 Å². The Labute approximate surface area is 228 Å². The SMILES string of the molecule is FC(F)(F)c1ccc(Nc2nc(N3CCCCCC3)nc3c2CCCNCC3)cn1.FC(F)(F)c1cccnc1. The number of pyridine rings is 2. The molecule has 0 saturated carbocycles. The Morgan fingerprint density at radius 1 is 0.800 bits per heavy atom. The summed E-state index contributed by atoms with van der Waals surface area (Å²) in [6, 6.07) is 4.63. The summed E-state index contributed by atoms with van der Waals surface area (Å²) < 4.78 is 73.7. The lowest BCUT2D eigenvalue weighted by Crippen LogP contribution is -2.29. The second-order valence-corrected chi connectivity index (χ2v) is 9.60. The van der Waals surface area contributed by atoms with E-state index < -0.39 is 23.6 Å². The second kappa shape index (κ2) is 13.2. The summed E-state index contributed by atoms with van der Waals surface area (Å²) in [7, 11) is 0. The summed E-state index contributed by atoms with van der Waals surface area (Å²) in [5.41, 5.74) is 0.942. The maximum atomic E-state index is 12.8.